The molecule has 0 aromatic carbocycles. The van der Waals surface area contributed by atoms with E-state index < -0.39 is 0 Å². The van der Waals surface area contributed by atoms with Gasteiger partial charge >= 0.3 is 0 Å². The van der Waals surface area contributed by atoms with Crippen LogP contribution in [0.1, 0.15) is 37.1 Å². The van der Waals surface area contributed by atoms with Gasteiger partial charge in [0.1, 0.15) is 0 Å². The number of hydrogen-bond acceptors (Lipinski definition) is 1. The van der Waals surface area contributed by atoms with E-state index in [1.807, 2.05) is 6.07 Å². The summed E-state index contributed by atoms with van der Waals surface area (Å²) < 4.78 is 1.57. The summed E-state index contributed by atoms with van der Waals surface area (Å²) in [6.07, 6.45) is 2.30. The molecular weight excluding hydrogens is 303 g/mol. The lowest BCUT2D eigenvalue weighted by Gasteiger charge is -2.18. The molecule has 0 saturated carbocycles. The lowest BCUT2D eigenvalue weighted by Crippen LogP contribution is -2.04. The van der Waals surface area contributed by atoms with Crippen molar-refractivity contribution in [3.05, 3.63) is 20.3 Å². The van der Waals surface area contributed by atoms with Crippen molar-refractivity contribution in [1.29, 1.82) is 0 Å². The van der Waals surface area contributed by atoms with Crippen LogP contribution >= 0.6 is 50.5 Å². The first-order valence-electron chi connectivity index (χ1n) is 4.68. The molecule has 0 fully saturated rings. The second kappa shape index (κ2) is 5.74. The van der Waals surface area contributed by atoms with Crippen LogP contribution in [0, 0.1) is 5.92 Å². The van der Waals surface area contributed by atoms with E-state index in [0.717, 1.165) is 27.1 Å². The molecule has 0 radical (unpaired) electrons. The van der Waals surface area contributed by atoms with Crippen molar-refractivity contribution in [3.8, 4) is 0 Å². The number of thiophene rings is 1. The van der Waals surface area contributed by atoms with Crippen molar-refractivity contribution < 1.29 is 0 Å². The quantitative estimate of drug-likeness (QED) is 0.604. The van der Waals surface area contributed by atoms with E-state index in [1.165, 1.54) is 11.3 Å². The minimum absolute atomic E-state index is 0.328. The summed E-state index contributed by atoms with van der Waals surface area (Å²) in [5.41, 5.74) is 1.13. The van der Waals surface area contributed by atoms with Gasteiger partial charge in [0, 0.05) is 4.83 Å². The fraction of sp³-hybridized carbons (Fsp3) is 0.600. The summed E-state index contributed by atoms with van der Waals surface area (Å²) in [5, 5.41) is 0. The molecule has 1 rings (SSSR count). The summed E-state index contributed by atoms with van der Waals surface area (Å²) in [6.45, 7) is 4.40. The van der Waals surface area contributed by atoms with Gasteiger partial charge in [0.2, 0.25) is 0 Å². The van der Waals surface area contributed by atoms with Gasteiger partial charge in [0.15, 0.2) is 0 Å². The molecule has 0 aliphatic rings. The van der Waals surface area contributed by atoms with Crippen molar-refractivity contribution >= 4 is 50.5 Å². The van der Waals surface area contributed by atoms with Gasteiger partial charge in [-0.25, -0.2) is 0 Å². The summed E-state index contributed by atoms with van der Waals surface area (Å²) in [6, 6.07) is 1.96. The van der Waals surface area contributed by atoms with E-state index >= 15 is 0 Å². The van der Waals surface area contributed by atoms with Crippen molar-refractivity contribution in [2.45, 2.75) is 31.5 Å². The van der Waals surface area contributed by atoms with Gasteiger partial charge in [0.25, 0.3) is 0 Å². The zero-order valence-electron chi connectivity index (χ0n) is 8.19. The smallest absolute Gasteiger partial charge is 0.0987 e. The van der Waals surface area contributed by atoms with Gasteiger partial charge in [-0.05, 0) is 17.5 Å². The van der Waals surface area contributed by atoms with Gasteiger partial charge in [0.05, 0.1) is 8.67 Å². The number of alkyl halides is 1. The topological polar surface area (TPSA) is 0 Å². The van der Waals surface area contributed by atoms with Crippen LogP contribution in [0.2, 0.25) is 8.67 Å². The van der Waals surface area contributed by atoms with Crippen LogP contribution in [0.15, 0.2) is 6.07 Å². The van der Waals surface area contributed by atoms with Gasteiger partial charge in [-0.15, -0.1) is 11.3 Å². The Bertz CT molecular complexity index is 294. The second-order valence-corrected chi connectivity index (χ2v) is 6.53. The maximum Gasteiger partial charge on any atom is 0.0987 e. The van der Waals surface area contributed by atoms with Gasteiger partial charge in [-0.2, -0.15) is 0 Å². The predicted octanol–water partition coefficient (Wildman–Crippen LogP) is 5.93. The van der Waals surface area contributed by atoms with Gasteiger partial charge < -0.3 is 0 Å². The van der Waals surface area contributed by atoms with Crippen molar-refractivity contribution in [2.24, 2.45) is 5.92 Å². The third-order valence-corrected chi connectivity index (χ3v) is 5.20. The number of hydrogen-bond donors (Lipinski definition) is 0. The molecule has 1 unspecified atom stereocenters. The van der Waals surface area contributed by atoms with Crippen LogP contribution in [0.5, 0.6) is 0 Å². The van der Waals surface area contributed by atoms with Crippen LogP contribution < -0.4 is 0 Å². The number of rotatable bonds is 4. The molecule has 0 N–H and O–H groups in total. The van der Waals surface area contributed by atoms with E-state index in [4.69, 9.17) is 23.2 Å². The lowest BCUT2D eigenvalue weighted by atomic mass is 9.96. The monoisotopic (exact) mass is 314 g/mol. The van der Waals surface area contributed by atoms with Crippen molar-refractivity contribution in [1.82, 2.24) is 0 Å². The van der Waals surface area contributed by atoms with Crippen molar-refractivity contribution in [3.63, 3.8) is 0 Å². The highest BCUT2D eigenvalue weighted by molar-refractivity contribution is 9.09. The minimum Gasteiger partial charge on any atom is -0.111 e. The summed E-state index contributed by atoms with van der Waals surface area (Å²) in [7, 11) is 0. The second-order valence-electron chi connectivity index (χ2n) is 3.26. The average molecular weight is 316 g/mol. The molecule has 80 valence electrons. The van der Waals surface area contributed by atoms with E-state index in [9.17, 15) is 0 Å². The lowest BCUT2D eigenvalue weighted by molar-refractivity contribution is 0.487. The molecule has 0 saturated heterocycles. The Morgan fingerprint density at radius 2 is 1.93 bits per heavy atom. The predicted molar refractivity (Wildman–Crippen MR) is 70.1 cm³/mol. The van der Waals surface area contributed by atoms with Crippen LogP contribution in [-0.2, 0) is 0 Å². The zero-order chi connectivity index (χ0) is 10.7. The Morgan fingerprint density at radius 1 is 1.36 bits per heavy atom. The van der Waals surface area contributed by atoms with Gasteiger partial charge in [-0.3, -0.25) is 0 Å². The first-order chi connectivity index (χ1) is 6.60. The third kappa shape index (κ3) is 2.88. The zero-order valence-corrected chi connectivity index (χ0v) is 12.1. The molecule has 0 spiro atoms. The van der Waals surface area contributed by atoms with Gasteiger partial charge in [-0.1, -0.05) is 65.8 Å². The van der Waals surface area contributed by atoms with Crippen molar-refractivity contribution in [2.75, 3.05) is 0 Å². The molecule has 0 bridgehead atoms. The summed E-state index contributed by atoms with van der Waals surface area (Å²) >= 11 is 17.2. The highest BCUT2D eigenvalue weighted by Crippen LogP contribution is 2.43. The molecule has 0 amide bonds. The Kier molecular flexibility index (Phi) is 5.26. The molecular formula is C10H13BrCl2S. The first kappa shape index (κ1) is 12.8. The fourth-order valence-corrected chi connectivity index (χ4v) is 4.44. The summed E-state index contributed by atoms with van der Waals surface area (Å²) in [4.78, 5) is 0.328. The summed E-state index contributed by atoms with van der Waals surface area (Å²) in [5.74, 6) is 0.623. The van der Waals surface area contributed by atoms with E-state index in [2.05, 4.69) is 29.8 Å². The molecule has 0 aliphatic heterocycles. The Labute approximate surface area is 108 Å². The van der Waals surface area contributed by atoms with E-state index in [-0.39, 0.29) is 0 Å². The largest absolute Gasteiger partial charge is 0.111 e. The molecule has 0 nitrogen and oxygen atoms in total. The Balaban J connectivity index is 2.87. The highest BCUT2D eigenvalue weighted by Gasteiger charge is 2.21. The molecule has 1 atom stereocenters. The average Bonchev–Trinajstić information content (AvgIpc) is 2.47. The maximum atomic E-state index is 6.10. The van der Waals surface area contributed by atoms with Crippen LogP contribution in [0.3, 0.4) is 0 Å². The molecule has 4 heteroatoms. The van der Waals surface area contributed by atoms with E-state index in [1.54, 1.807) is 0 Å². The number of halogens is 3. The molecule has 14 heavy (non-hydrogen) atoms. The molecule has 1 heterocycles. The standard InChI is InChI=1S/C10H13BrCl2S/c1-3-6(4-2)9(11)7-5-8(12)14-10(7)13/h5-6,9H,3-4H2,1-2H3. The van der Waals surface area contributed by atoms with Crippen LogP contribution in [0.25, 0.3) is 0 Å². The molecule has 0 aliphatic carbocycles. The maximum absolute atomic E-state index is 6.10. The molecule has 1 aromatic rings. The SMILES string of the molecule is CCC(CC)C(Br)c1cc(Cl)sc1Cl. The highest BCUT2D eigenvalue weighted by atomic mass is 79.9. The minimum atomic E-state index is 0.328. The van der Waals surface area contributed by atoms with Crippen LogP contribution in [0.4, 0.5) is 0 Å². The third-order valence-electron chi connectivity index (χ3n) is 2.44. The normalized spacial score (nSPS) is 13.6. The van der Waals surface area contributed by atoms with Crippen LogP contribution in [-0.4, -0.2) is 0 Å². The van der Waals surface area contributed by atoms with E-state index in [0.29, 0.717) is 10.7 Å². The Hall–Kier alpha value is 0.760. The first-order valence-corrected chi connectivity index (χ1v) is 7.17. The molecule has 1 aromatic heterocycles. The fourth-order valence-electron chi connectivity index (χ4n) is 1.50. The Morgan fingerprint density at radius 3 is 2.29 bits per heavy atom.